The minimum Gasteiger partial charge on any atom is -0.456 e. The summed E-state index contributed by atoms with van der Waals surface area (Å²) >= 11 is 0. The van der Waals surface area contributed by atoms with E-state index in [0.717, 1.165) is 0 Å². The van der Waals surface area contributed by atoms with Crippen LogP contribution in [0.5, 0.6) is 0 Å². The van der Waals surface area contributed by atoms with Crippen molar-refractivity contribution in [3.63, 3.8) is 0 Å². The molecule has 0 fully saturated rings. The molecule has 3 aliphatic heterocycles. The van der Waals surface area contributed by atoms with Crippen LogP contribution in [0.2, 0.25) is 0 Å². The highest BCUT2D eigenvalue weighted by atomic mass is 16.3. The van der Waals surface area contributed by atoms with Crippen LogP contribution in [-0.2, 0) is 21.7 Å². The Morgan fingerprint density at radius 2 is 1.06 bits per heavy atom. The first-order valence-electron chi connectivity index (χ1n) is 31.3. The Morgan fingerprint density at radius 3 is 1.79 bits per heavy atom. The van der Waals surface area contributed by atoms with Gasteiger partial charge in [0.15, 0.2) is 0 Å². The smallest absolute Gasteiger partial charge is 0.252 e. The largest absolute Gasteiger partial charge is 0.456 e. The number of furan rings is 1. The van der Waals surface area contributed by atoms with Crippen LogP contribution in [0, 0.1) is 0 Å². The number of benzene rings is 7. The second-order valence-corrected chi connectivity index (χ2v) is 21.1. The third-order valence-corrected chi connectivity index (χ3v) is 12.4. The Balaban J connectivity index is 1.41. The average Bonchev–Trinajstić information content (AvgIpc) is 1.65. The third-order valence-electron chi connectivity index (χ3n) is 12.4. The summed E-state index contributed by atoms with van der Waals surface area (Å²) in [7, 11) is 0. The van der Waals surface area contributed by atoms with Gasteiger partial charge in [-0.2, -0.15) is 0 Å². The van der Waals surface area contributed by atoms with E-state index >= 15 is 0 Å². The Bertz CT molecular complexity index is 4630. The lowest BCUT2D eigenvalue weighted by Gasteiger charge is -2.47. The molecule has 0 unspecified atom stereocenters. The molecule has 63 heavy (non-hydrogen) atoms. The van der Waals surface area contributed by atoms with Gasteiger partial charge >= 0.3 is 0 Å². The van der Waals surface area contributed by atoms with Crippen LogP contribution >= 0.6 is 0 Å². The normalized spacial score (nSPS) is 19.0. The summed E-state index contributed by atoms with van der Waals surface area (Å²) in [5.41, 5.74) is -6.35. The van der Waals surface area contributed by atoms with E-state index in [0.29, 0.717) is 0 Å². The number of hydrogen-bond donors (Lipinski definition) is 0. The van der Waals surface area contributed by atoms with Gasteiger partial charge in [-0.15, -0.1) is 0 Å². The van der Waals surface area contributed by atoms with Gasteiger partial charge in [-0.25, -0.2) is 0 Å². The van der Waals surface area contributed by atoms with Gasteiger partial charge < -0.3 is 18.8 Å². The molecule has 12 rings (SSSR count). The maximum absolute atomic E-state index is 10.7. The number of fused-ring (bicyclic) bond motifs is 12. The number of rotatable bonds is 1. The molecule has 0 radical (unpaired) electrons. The molecule has 0 saturated heterocycles. The highest BCUT2D eigenvalue weighted by Crippen LogP contribution is 2.54. The fourth-order valence-electron chi connectivity index (χ4n) is 9.11. The molecule has 7 aromatic carbocycles. The van der Waals surface area contributed by atoms with E-state index in [2.05, 4.69) is 0 Å². The quantitative estimate of drug-likeness (QED) is 0.154. The Kier molecular flexibility index (Phi) is 4.47. The van der Waals surface area contributed by atoms with Crippen LogP contribution in [0.3, 0.4) is 0 Å². The van der Waals surface area contributed by atoms with E-state index in [1.807, 2.05) is 20.8 Å². The summed E-state index contributed by atoms with van der Waals surface area (Å²) in [6, 6.07) is -9.90. The molecule has 5 heteroatoms. The van der Waals surface area contributed by atoms with E-state index < -0.39 is 124 Å². The topological polar surface area (TPSA) is 24.6 Å². The molecule has 0 aliphatic carbocycles. The van der Waals surface area contributed by atoms with Crippen molar-refractivity contribution in [2.24, 2.45) is 0 Å². The number of aromatic nitrogens is 1. The maximum atomic E-state index is 10.7. The van der Waals surface area contributed by atoms with Crippen LogP contribution in [0.25, 0.3) is 49.4 Å². The zero-order valence-electron chi connectivity index (χ0n) is 57.3. The predicted octanol–water partition coefficient (Wildman–Crippen LogP) is 14.3. The van der Waals surface area contributed by atoms with Gasteiger partial charge in [0.1, 0.15) is 11.2 Å². The number of para-hydroxylation sites is 2. The van der Waals surface area contributed by atoms with Gasteiger partial charge in [-0.1, -0.05) is 131 Å². The summed E-state index contributed by atoms with van der Waals surface area (Å²) in [5, 5.41) is -0.463. The standard InChI is InChI=1S/C58H56BN3O/c1-55(2,3)33-20-23-44-39(26-33)41-27-35(57(7,8)9)31-49-53(41)61(44)46-18-15-17-42-54(46)62(49)48-30-36(58(10,11)12)29-47-52(48)59(42)43-28-34(56(4,5)6)21-24-45(43)60(47)37-22-25-51-40(32-37)38-16-13-14-19-50(38)63-51/h13-32H,1-12H3/i13D,14D,15D,16D,17D,18D,19D,20D,21D,22D,23D,24D,25D,26D,27D,28D,29D,30D,31D,32D. The molecule has 4 nitrogen and oxygen atoms in total. The van der Waals surface area contributed by atoms with E-state index in [-0.39, 0.29) is 148 Å². The zero-order valence-corrected chi connectivity index (χ0v) is 37.3. The van der Waals surface area contributed by atoms with E-state index in [4.69, 9.17) is 9.90 Å². The van der Waals surface area contributed by atoms with Crippen LogP contribution < -0.4 is 26.2 Å². The SMILES string of the molecule is [2H]c1c([2H])c2c3c(c1[2H])-n1c4c([2H])c([2H])c(C(C)(C)C)c([2H])c4c4c([2H])c(C(C)(C)C)c([2H])c(c41)N3c1c([2H])c(C(C)(C)C)c([2H])c3c1B2c1c([2H])c(C(C)(C)C)c([2H])c([2H])c1N3c1c([2H])c([2H])c2oc3c([2H])c([2H])c([2H])c([2H])c3c2c1[2H]. The molecular formula is C58H56BN3O. The van der Waals surface area contributed by atoms with Crippen molar-refractivity contribution in [3.8, 4) is 5.69 Å². The Hall–Kier alpha value is -6.20. The molecule has 0 bridgehead atoms. The monoisotopic (exact) mass is 842 g/mol. The molecule has 312 valence electrons. The van der Waals surface area contributed by atoms with Crippen molar-refractivity contribution in [1.29, 1.82) is 0 Å². The predicted molar refractivity (Wildman–Crippen MR) is 270 cm³/mol. The minimum atomic E-state index is -1.58. The number of anilines is 6. The molecule has 3 aliphatic rings. The van der Waals surface area contributed by atoms with Crippen molar-refractivity contribution in [1.82, 2.24) is 4.57 Å². The first kappa shape index (κ1) is 22.9. The van der Waals surface area contributed by atoms with Crippen LogP contribution in [0.1, 0.15) is 133 Å². The first-order valence-corrected chi connectivity index (χ1v) is 21.3. The first-order chi connectivity index (χ1) is 38.2. The lowest BCUT2D eigenvalue weighted by molar-refractivity contribution is 0.590. The molecule has 0 atom stereocenters. The lowest BCUT2D eigenvalue weighted by atomic mass is 9.33. The van der Waals surface area contributed by atoms with Gasteiger partial charge in [0.25, 0.3) is 6.71 Å². The molecule has 0 amide bonds. The van der Waals surface area contributed by atoms with E-state index in [9.17, 15) is 21.9 Å². The van der Waals surface area contributed by atoms with E-state index in [1.54, 1.807) is 62.3 Å². The fraction of sp³-hybridized carbons (Fsp3) is 0.276. The molecule has 9 aromatic rings. The number of nitrogens with zero attached hydrogens (tertiary/aromatic N) is 3. The van der Waals surface area contributed by atoms with Crippen LogP contribution in [-0.4, -0.2) is 11.3 Å². The molecule has 0 saturated carbocycles. The molecular weight excluding hydrogens is 765 g/mol. The van der Waals surface area contributed by atoms with Crippen LogP contribution in [0.4, 0.5) is 34.1 Å². The summed E-state index contributed by atoms with van der Waals surface area (Å²) in [6.45, 7) is 19.7. The Morgan fingerprint density at radius 1 is 0.444 bits per heavy atom. The summed E-state index contributed by atoms with van der Waals surface area (Å²) < 4.78 is 204. The lowest BCUT2D eigenvalue weighted by Crippen LogP contribution is -2.62. The summed E-state index contributed by atoms with van der Waals surface area (Å²) in [5.74, 6) is 0. The zero-order chi connectivity index (χ0) is 61.3. The van der Waals surface area contributed by atoms with Gasteiger partial charge in [-0.3, -0.25) is 0 Å². The third kappa shape index (κ3) is 5.35. The van der Waals surface area contributed by atoms with Gasteiger partial charge in [0, 0.05) is 44.3 Å². The van der Waals surface area contributed by atoms with Crippen molar-refractivity contribution >= 4 is 101 Å². The van der Waals surface area contributed by atoms with Crippen molar-refractivity contribution in [2.75, 3.05) is 9.80 Å². The van der Waals surface area contributed by atoms with Crippen molar-refractivity contribution in [2.45, 2.75) is 105 Å². The molecule has 5 heterocycles. The van der Waals surface area contributed by atoms with Crippen molar-refractivity contribution in [3.05, 3.63) is 143 Å². The molecule has 0 spiro atoms. The average molecular weight is 842 g/mol. The second-order valence-electron chi connectivity index (χ2n) is 21.1. The number of hydrogen-bond acceptors (Lipinski definition) is 3. The highest BCUT2D eigenvalue weighted by Gasteiger charge is 2.47. The van der Waals surface area contributed by atoms with E-state index in [1.165, 1.54) is 14.4 Å². The molecule has 2 aromatic heterocycles. The minimum absolute atomic E-state index is 0.0255. The molecule has 0 N–H and O–H groups in total. The van der Waals surface area contributed by atoms with Gasteiger partial charge in [0.05, 0.1) is 55.5 Å². The van der Waals surface area contributed by atoms with Crippen molar-refractivity contribution < 1.29 is 31.8 Å². The summed E-state index contributed by atoms with van der Waals surface area (Å²) in [4.78, 5) is 2.70. The Labute approximate surface area is 400 Å². The maximum Gasteiger partial charge on any atom is 0.252 e. The highest BCUT2D eigenvalue weighted by molar-refractivity contribution is 7.00. The van der Waals surface area contributed by atoms with Gasteiger partial charge in [-0.05, 0) is 133 Å². The van der Waals surface area contributed by atoms with Crippen LogP contribution in [0.15, 0.2) is 125 Å². The fourth-order valence-corrected chi connectivity index (χ4v) is 9.11. The second kappa shape index (κ2) is 12.3. The van der Waals surface area contributed by atoms with Gasteiger partial charge in [0.2, 0.25) is 0 Å². The summed E-state index contributed by atoms with van der Waals surface area (Å²) in [6.07, 6.45) is 0.